The van der Waals surface area contributed by atoms with Crippen molar-refractivity contribution in [1.29, 1.82) is 0 Å². The van der Waals surface area contributed by atoms with Gasteiger partial charge < -0.3 is 13.7 Å². The van der Waals surface area contributed by atoms with Crippen LogP contribution < -0.4 is 0 Å². The third kappa shape index (κ3) is 3.86. The molecule has 0 aliphatic carbocycles. The number of furan rings is 1. The molecule has 0 radical (unpaired) electrons. The molecule has 124 valence electrons. The van der Waals surface area contributed by atoms with E-state index in [4.69, 9.17) is 13.7 Å². The molecule has 1 atom stereocenters. The van der Waals surface area contributed by atoms with Gasteiger partial charge in [0.05, 0.1) is 26.0 Å². The Balaban J connectivity index is 1.64. The number of hydrogen-bond donors (Lipinski definition) is 0. The minimum Gasteiger partial charge on any atom is -0.461 e. The van der Waals surface area contributed by atoms with E-state index in [1.54, 1.807) is 12.1 Å². The number of rotatable bonds is 6. The van der Waals surface area contributed by atoms with Crippen molar-refractivity contribution in [2.75, 3.05) is 19.8 Å². The van der Waals surface area contributed by atoms with E-state index in [1.807, 2.05) is 13.8 Å². The highest BCUT2D eigenvalue weighted by molar-refractivity contribution is 5.93. The van der Waals surface area contributed by atoms with E-state index in [9.17, 15) is 4.79 Å². The number of carbonyl (C=O) groups is 1. The Morgan fingerprint density at radius 1 is 1.48 bits per heavy atom. The lowest BCUT2D eigenvalue weighted by molar-refractivity contribution is -0.0141. The number of nitrogens with zero attached hydrogens (tertiary/aromatic N) is 3. The molecule has 0 bridgehead atoms. The van der Waals surface area contributed by atoms with Crippen LogP contribution >= 0.6 is 0 Å². The predicted octanol–water partition coefficient (Wildman–Crippen LogP) is 2.26. The van der Waals surface area contributed by atoms with E-state index in [0.717, 1.165) is 6.54 Å². The van der Waals surface area contributed by atoms with Gasteiger partial charge in [0.15, 0.2) is 17.4 Å². The summed E-state index contributed by atoms with van der Waals surface area (Å²) in [5.41, 5.74) is 0. The van der Waals surface area contributed by atoms with Crippen molar-refractivity contribution in [2.45, 2.75) is 38.8 Å². The van der Waals surface area contributed by atoms with Crippen molar-refractivity contribution in [3.8, 4) is 0 Å². The molecule has 23 heavy (non-hydrogen) atoms. The van der Waals surface area contributed by atoms with E-state index in [2.05, 4.69) is 15.0 Å². The zero-order valence-electron chi connectivity index (χ0n) is 13.4. The number of morpholine rings is 1. The number of aromatic nitrogens is 2. The smallest absolute Gasteiger partial charge is 0.229 e. The molecule has 2 aromatic rings. The van der Waals surface area contributed by atoms with Gasteiger partial charge in [0.1, 0.15) is 0 Å². The summed E-state index contributed by atoms with van der Waals surface area (Å²) in [4.78, 5) is 18.8. The average molecular weight is 319 g/mol. The van der Waals surface area contributed by atoms with Crippen molar-refractivity contribution < 1.29 is 18.5 Å². The van der Waals surface area contributed by atoms with Crippen LogP contribution in [0, 0.1) is 0 Å². The monoisotopic (exact) mass is 319 g/mol. The summed E-state index contributed by atoms with van der Waals surface area (Å²) in [5, 5.41) is 4.02. The minimum atomic E-state index is -0.0218. The van der Waals surface area contributed by atoms with Gasteiger partial charge in [0, 0.05) is 24.9 Å². The maximum Gasteiger partial charge on any atom is 0.229 e. The van der Waals surface area contributed by atoms with Crippen LogP contribution in [0.1, 0.15) is 48.5 Å². The van der Waals surface area contributed by atoms with Crippen LogP contribution in [-0.4, -0.2) is 46.6 Å². The molecule has 0 aromatic carbocycles. The summed E-state index contributed by atoms with van der Waals surface area (Å²) in [5.74, 6) is 1.85. The molecule has 7 nitrogen and oxygen atoms in total. The molecule has 1 fully saturated rings. The van der Waals surface area contributed by atoms with Crippen LogP contribution in [-0.2, 0) is 11.3 Å². The highest BCUT2D eigenvalue weighted by Crippen LogP contribution is 2.18. The van der Waals surface area contributed by atoms with Crippen LogP contribution in [0.25, 0.3) is 0 Å². The van der Waals surface area contributed by atoms with E-state index in [1.165, 1.54) is 6.26 Å². The zero-order valence-corrected chi connectivity index (χ0v) is 13.4. The van der Waals surface area contributed by atoms with Crippen LogP contribution in [0.2, 0.25) is 0 Å². The van der Waals surface area contributed by atoms with Crippen molar-refractivity contribution in [3.63, 3.8) is 0 Å². The Labute approximate surface area is 134 Å². The van der Waals surface area contributed by atoms with Gasteiger partial charge in [-0.1, -0.05) is 19.0 Å². The molecule has 7 heteroatoms. The van der Waals surface area contributed by atoms with Gasteiger partial charge in [-0.2, -0.15) is 4.98 Å². The molecule has 0 spiro atoms. The molecule has 0 N–H and O–H groups in total. The second kappa shape index (κ2) is 7.06. The normalized spacial score (nSPS) is 19.3. The summed E-state index contributed by atoms with van der Waals surface area (Å²) in [7, 11) is 0. The molecule has 2 aromatic heterocycles. The first-order valence-corrected chi connectivity index (χ1v) is 7.84. The van der Waals surface area contributed by atoms with Crippen molar-refractivity contribution in [3.05, 3.63) is 35.9 Å². The van der Waals surface area contributed by atoms with Gasteiger partial charge in [0.25, 0.3) is 0 Å². The topological polar surface area (TPSA) is 81.6 Å². The van der Waals surface area contributed by atoms with Crippen molar-refractivity contribution in [2.24, 2.45) is 0 Å². The standard InChI is InChI=1S/C16H21N3O4/c1-11(2)16-17-15(18-23-16)9-19-5-7-21-10-12(19)8-13(20)14-4-3-6-22-14/h3-4,6,11-12H,5,7-10H2,1-2H3. The average Bonchev–Trinajstić information content (AvgIpc) is 3.20. The largest absolute Gasteiger partial charge is 0.461 e. The third-order valence-corrected chi connectivity index (χ3v) is 3.89. The molecular formula is C16H21N3O4. The Bertz CT molecular complexity index is 636. The minimum absolute atomic E-state index is 0.0117. The van der Waals surface area contributed by atoms with Crippen LogP contribution in [0.3, 0.4) is 0 Å². The zero-order chi connectivity index (χ0) is 16.2. The Morgan fingerprint density at radius 3 is 3.04 bits per heavy atom. The lowest BCUT2D eigenvalue weighted by Crippen LogP contribution is -2.46. The predicted molar refractivity (Wildman–Crippen MR) is 81.1 cm³/mol. The lowest BCUT2D eigenvalue weighted by atomic mass is 10.1. The fraction of sp³-hybridized carbons (Fsp3) is 0.562. The summed E-state index contributed by atoms with van der Waals surface area (Å²) in [6.45, 7) is 6.47. The fourth-order valence-electron chi connectivity index (χ4n) is 2.59. The van der Waals surface area contributed by atoms with Gasteiger partial charge >= 0.3 is 0 Å². The molecule has 1 aliphatic heterocycles. The van der Waals surface area contributed by atoms with Gasteiger partial charge in [-0.25, -0.2) is 0 Å². The SMILES string of the molecule is CC(C)c1nc(CN2CCOCC2CC(=O)c2ccco2)no1. The van der Waals surface area contributed by atoms with Gasteiger partial charge in [0.2, 0.25) is 5.89 Å². The van der Waals surface area contributed by atoms with Crippen LogP contribution in [0.15, 0.2) is 27.3 Å². The third-order valence-electron chi connectivity index (χ3n) is 3.89. The van der Waals surface area contributed by atoms with E-state index in [0.29, 0.717) is 43.7 Å². The molecule has 3 rings (SSSR count). The highest BCUT2D eigenvalue weighted by Gasteiger charge is 2.28. The van der Waals surface area contributed by atoms with Gasteiger partial charge in [-0.05, 0) is 12.1 Å². The molecule has 3 heterocycles. The first-order valence-electron chi connectivity index (χ1n) is 7.84. The summed E-state index contributed by atoms with van der Waals surface area (Å²) in [6, 6.07) is 3.39. The molecule has 1 aliphatic rings. The second-order valence-electron chi connectivity index (χ2n) is 6.01. The summed E-state index contributed by atoms with van der Waals surface area (Å²) >= 11 is 0. The first-order chi connectivity index (χ1) is 11.1. The maximum absolute atomic E-state index is 12.2. The van der Waals surface area contributed by atoms with E-state index < -0.39 is 0 Å². The van der Waals surface area contributed by atoms with E-state index >= 15 is 0 Å². The maximum atomic E-state index is 12.2. The van der Waals surface area contributed by atoms with Gasteiger partial charge in [-0.15, -0.1) is 0 Å². The Morgan fingerprint density at radius 2 is 2.35 bits per heavy atom. The van der Waals surface area contributed by atoms with Crippen LogP contribution in [0.4, 0.5) is 0 Å². The molecule has 0 saturated carbocycles. The number of carbonyl (C=O) groups excluding carboxylic acids is 1. The Hall–Kier alpha value is -1.99. The molecule has 1 unspecified atom stereocenters. The van der Waals surface area contributed by atoms with Gasteiger partial charge in [-0.3, -0.25) is 9.69 Å². The fourth-order valence-corrected chi connectivity index (χ4v) is 2.59. The molecule has 1 saturated heterocycles. The summed E-state index contributed by atoms with van der Waals surface area (Å²) < 4.78 is 15.9. The second-order valence-corrected chi connectivity index (χ2v) is 6.01. The first kappa shape index (κ1) is 15.9. The van der Waals surface area contributed by atoms with Crippen LogP contribution in [0.5, 0.6) is 0 Å². The van der Waals surface area contributed by atoms with E-state index in [-0.39, 0.29) is 17.7 Å². The number of ether oxygens (including phenoxy) is 1. The van der Waals surface area contributed by atoms with Crippen molar-refractivity contribution >= 4 is 5.78 Å². The van der Waals surface area contributed by atoms with Crippen molar-refractivity contribution in [1.82, 2.24) is 15.0 Å². The highest BCUT2D eigenvalue weighted by atomic mass is 16.5. The number of Topliss-reactive ketones (excluding diaryl/α,β-unsaturated/α-hetero) is 1. The molecular weight excluding hydrogens is 298 g/mol. The quantitative estimate of drug-likeness (QED) is 0.755. The molecule has 0 amide bonds. The number of hydrogen-bond acceptors (Lipinski definition) is 7. The summed E-state index contributed by atoms with van der Waals surface area (Å²) in [6.07, 6.45) is 1.86. The Kier molecular flexibility index (Phi) is 4.88. The lowest BCUT2D eigenvalue weighted by Gasteiger charge is -2.34. The number of ketones is 1.